The van der Waals surface area contributed by atoms with Crippen LogP contribution in [0, 0.1) is 6.92 Å². The summed E-state index contributed by atoms with van der Waals surface area (Å²) in [5, 5.41) is 4.01. The van der Waals surface area contributed by atoms with E-state index >= 15 is 0 Å². The summed E-state index contributed by atoms with van der Waals surface area (Å²) in [5.74, 6) is -0.307. The van der Waals surface area contributed by atoms with Crippen molar-refractivity contribution in [3.8, 4) is 0 Å². The van der Waals surface area contributed by atoms with Crippen LogP contribution < -0.4 is 10.9 Å². The second-order valence-electron chi connectivity index (χ2n) is 5.83. The Morgan fingerprint density at radius 1 is 1.08 bits per heavy atom. The van der Waals surface area contributed by atoms with E-state index in [-0.39, 0.29) is 11.7 Å². The minimum Gasteiger partial charge on any atom is -0.417 e. The standard InChI is InChI=1S/C20H19NO3/c1-14-9-10-16-13-18(24-20(23)17(16)12-14)19(22)21-11-5-8-15-6-3-2-4-7-15/h2-4,6-7,9-10,12-13H,5,8,11H2,1H3,(H,21,22). The molecule has 4 nitrogen and oxygen atoms in total. The molecule has 0 spiro atoms. The second kappa shape index (κ2) is 7.13. The fourth-order valence-corrected chi connectivity index (χ4v) is 2.64. The third-order valence-electron chi connectivity index (χ3n) is 3.91. The van der Waals surface area contributed by atoms with Crippen molar-refractivity contribution in [1.29, 1.82) is 0 Å². The third-order valence-corrected chi connectivity index (χ3v) is 3.91. The summed E-state index contributed by atoms with van der Waals surface area (Å²) < 4.78 is 5.16. The largest absolute Gasteiger partial charge is 0.417 e. The molecular formula is C20H19NO3. The summed E-state index contributed by atoms with van der Waals surface area (Å²) in [6.07, 6.45) is 1.72. The minimum atomic E-state index is -0.481. The van der Waals surface area contributed by atoms with Crippen LogP contribution in [0.1, 0.15) is 28.1 Å². The van der Waals surface area contributed by atoms with Crippen LogP contribution in [0.2, 0.25) is 0 Å². The molecular weight excluding hydrogens is 302 g/mol. The van der Waals surface area contributed by atoms with E-state index in [0.29, 0.717) is 17.3 Å². The second-order valence-corrected chi connectivity index (χ2v) is 5.83. The molecule has 0 saturated carbocycles. The van der Waals surface area contributed by atoms with Gasteiger partial charge >= 0.3 is 5.63 Å². The number of benzene rings is 2. The molecule has 0 aliphatic carbocycles. The molecule has 3 rings (SSSR count). The van der Waals surface area contributed by atoms with Crippen LogP contribution in [0.25, 0.3) is 10.8 Å². The van der Waals surface area contributed by atoms with Gasteiger partial charge < -0.3 is 9.73 Å². The Balaban J connectivity index is 1.64. The Hall–Kier alpha value is -2.88. The van der Waals surface area contributed by atoms with Crippen LogP contribution in [-0.2, 0) is 6.42 Å². The molecule has 1 aromatic heterocycles. The van der Waals surface area contributed by atoms with Gasteiger partial charge in [-0.2, -0.15) is 0 Å². The summed E-state index contributed by atoms with van der Waals surface area (Å²) in [6.45, 7) is 2.44. The molecule has 0 fully saturated rings. The van der Waals surface area contributed by atoms with Crippen molar-refractivity contribution in [2.45, 2.75) is 19.8 Å². The molecule has 0 radical (unpaired) electrons. The van der Waals surface area contributed by atoms with Gasteiger partial charge in [0.1, 0.15) is 0 Å². The van der Waals surface area contributed by atoms with Crippen molar-refractivity contribution in [3.05, 3.63) is 81.9 Å². The van der Waals surface area contributed by atoms with Gasteiger partial charge in [0.05, 0.1) is 5.39 Å². The van der Waals surface area contributed by atoms with Crippen LogP contribution in [0.5, 0.6) is 0 Å². The van der Waals surface area contributed by atoms with Gasteiger partial charge in [0.25, 0.3) is 5.91 Å². The summed E-state index contributed by atoms with van der Waals surface area (Å²) in [4.78, 5) is 24.2. The maximum absolute atomic E-state index is 12.2. The van der Waals surface area contributed by atoms with E-state index in [1.54, 1.807) is 12.1 Å². The van der Waals surface area contributed by atoms with Crippen molar-refractivity contribution in [1.82, 2.24) is 5.32 Å². The zero-order valence-electron chi connectivity index (χ0n) is 13.5. The van der Waals surface area contributed by atoms with E-state index < -0.39 is 5.63 Å². The lowest BCUT2D eigenvalue weighted by Crippen LogP contribution is -2.25. The Morgan fingerprint density at radius 3 is 2.67 bits per heavy atom. The summed E-state index contributed by atoms with van der Waals surface area (Å²) >= 11 is 0. The van der Waals surface area contributed by atoms with Crippen molar-refractivity contribution in [2.75, 3.05) is 6.54 Å². The quantitative estimate of drug-likeness (QED) is 0.732. The first-order valence-corrected chi connectivity index (χ1v) is 8.00. The number of rotatable bonds is 5. The number of nitrogens with one attached hydrogen (secondary N) is 1. The predicted molar refractivity (Wildman–Crippen MR) is 94.3 cm³/mol. The van der Waals surface area contributed by atoms with Crippen LogP contribution >= 0.6 is 0 Å². The maximum atomic E-state index is 12.2. The van der Waals surface area contributed by atoms with Crippen molar-refractivity contribution in [3.63, 3.8) is 0 Å². The SMILES string of the molecule is Cc1ccc2cc(C(=O)NCCCc3ccccc3)oc(=O)c2c1. The number of hydrogen-bond donors (Lipinski definition) is 1. The molecule has 1 heterocycles. The van der Waals surface area contributed by atoms with Crippen LogP contribution in [0.3, 0.4) is 0 Å². The van der Waals surface area contributed by atoms with Crippen molar-refractivity contribution >= 4 is 16.7 Å². The van der Waals surface area contributed by atoms with E-state index in [4.69, 9.17) is 4.42 Å². The molecule has 122 valence electrons. The number of hydrogen-bond acceptors (Lipinski definition) is 3. The topological polar surface area (TPSA) is 59.3 Å². The molecule has 0 atom stereocenters. The first-order chi connectivity index (χ1) is 11.6. The van der Waals surface area contributed by atoms with E-state index in [1.807, 2.05) is 37.3 Å². The van der Waals surface area contributed by atoms with Crippen LogP contribution in [0.15, 0.2) is 63.8 Å². The zero-order chi connectivity index (χ0) is 16.9. The summed E-state index contributed by atoms with van der Waals surface area (Å²) in [5.41, 5.74) is 1.73. The number of amides is 1. The molecule has 3 aromatic rings. The molecule has 0 unspecified atom stereocenters. The van der Waals surface area contributed by atoms with E-state index in [0.717, 1.165) is 18.4 Å². The predicted octanol–water partition coefficient (Wildman–Crippen LogP) is 3.46. The average molecular weight is 321 g/mol. The molecule has 24 heavy (non-hydrogen) atoms. The van der Waals surface area contributed by atoms with Crippen molar-refractivity contribution < 1.29 is 9.21 Å². The van der Waals surface area contributed by atoms with Gasteiger partial charge in [0.15, 0.2) is 5.76 Å². The number of fused-ring (bicyclic) bond motifs is 1. The molecule has 0 aliphatic rings. The summed E-state index contributed by atoms with van der Waals surface area (Å²) in [6, 6.07) is 17.2. The molecule has 0 saturated heterocycles. The normalized spacial score (nSPS) is 10.7. The maximum Gasteiger partial charge on any atom is 0.344 e. The molecule has 2 aromatic carbocycles. The van der Waals surface area contributed by atoms with Crippen LogP contribution in [0.4, 0.5) is 0 Å². The lowest BCUT2D eigenvalue weighted by atomic mass is 10.1. The van der Waals surface area contributed by atoms with E-state index in [2.05, 4.69) is 17.4 Å². The van der Waals surface area contributed by atoms with E-state index in [1.165, 1.54) is 5.56 Å². The van der Waals surface area contributed by atoms with Gasteiger partial charge in [0, 0.05) is 6.54 Å². The first kappa shape index (κ1) is 16.0. The van der Waals surface area contributed by atoms with Gasteiger partial charge in [0.2, 0.25) is 0 Å². The Labute approximate surface area is 140 Å². The third kappa shape index (κ3) is 3.71. The molecule has 0 aliphatic heterocycles. The van der Waals surface area contributed by atoms with Crippen LogP contribution in [-0.4, -0.2) is 12.5 Å². The summed E-state index contributed by atoms with van der Waals surface area (Å²) in [7, 11) is 0. The highest BCUT2D eigenvalue weighted by Crippen LogP contribution is 2.14. The molecule has 0 bridgehead atoms. The first-order valence-electron chi connectivity index (χ1n) is 8.00. The number of carbonyl (C=O) groups excluding carboxylic acids is 1. The lowest BCUT2D eigenvalue weighted by Gasteiger charge is -2.06. The van der Waals surface area contributed by atoms with E-state index in [9.17, 15) is 9.59 Å². The fourth-order valence-electron chi connectivity index (χ4n) is 2.64. The molecule has 1 amide bonds. The number of aryl methyl sites for hydroxylation is 2. The zero-order valence-corrected chi connectivity index (χ0v) is 13.5. The highest BCUT2D eigenvalue weighted by molar-refractivity contribution is 5.95. The van der Waals surface area contributed by atoms with Gasteiger partial charge in [-0.25, -0.2) is 4.79 Å². The van der Waals surface area contributed by atoms with Crippen molar-refractivity contribution in [2.24, 2.45) is 0 Å². The smallest absolute Gasteiger partial charge is 0.344 e. The van der Waals surface area contributed by atoms with Gasteiger partial charge in [-0.05, 0) is 42.8 Å². The highest BCUT2D eigenvalue weighted by atomic mass is 16.4. The highest BCUT2D eigenvalue weighted by Gasteiger charge is 2.11. The fraction of sp³-hybridized carbons (Fsp3) is 0.200. The Kier molecular flexibility index (Phi) is 4.75. The van der Waals surface area contributed by atoms with Gasteiger partial charge in [-0.1, -0.05) is 48.0 Å². The molecule has 4 heteroatoms. The van der Waals surface area contributed by atoms with Gasteiger partial charge in [-0.15, -0.1) is 0 Å². The number of carbonyl (C=O) groups is 1. The Morgan fingerprint density at radius 2 is 1.88 bits per heavy atom. The minimum absolute atomic E-state index is 0.0519. The lowest BCUT2D eigenvalue weighted by molar-refractivity contribution is 0.0921. The molecule has 1 N–H and O–H groups in total. The average Bonchev–Trinajstić information content (AvgIpc) is 2.60. The Bertz CT molecular complexity index is 913. The monoisotopic (exact) mass is 321 g/mol. The van der Waals surface area contributed by atoms with Gasteiger partial charge in [-0.3, -0.25) is 4.79 Å².